The predicted octanol–water partition coefficient (Wildman–Crippen LogP) is 4.49. The van der Waals surface area contributed by atoms with E-state index in [1.165, 1.54) is 14.2 Å². The molecule has 170 valence electrons. The van der Waals surface area contributed by atoms with Gasteiger partial charge in [-0.05, 0) is 36.6 Å². The minimum atomic E-state index is -0.385. The fourth-order valence-corrected chi connectivity index (χ4v) is 4.81. The van der Waals surface area contributed by atoms with Crippen molar-refractivity contribution in [2.24, 2.45) is 0 Å². The number of Topliss-reactive ketones (excluding diaryl/α,β-unsaturated/α-hetero) is 1. The number of phenolic OH excluding ortho intramolecular Hbond substituents is 1. The first-order valence-electron chi connectivity index (χ1n) is 11.0. The van der Waals surface area contributed by atoms with Crippen molar-refractivity contribution in [1.82, 2.24) is 9.78 Å². The maximum atomic E-state index is 13.1. The highest BCUT2D eigenvalue weighted by Crippen LogP contribution is 2.50. The van der Waals surface area contributed by atoms with Crippen molar-refractivity contribution in [1.29, 1.82) is 0 Å². The third-order valence-corrected chi connectivity index (χ3v) is 6.34. The zero-order valence-electron chi connectivity index (χ0n) is 18.9. The zero-order chi connectivity index (χ0) is 23.1. The SMILES string of the molecule is COc1cc([C@H]2C3=C(CCCC3=O)Oc3c2c(C)nn3Cc2ccccc2)cc(OC)c1O. The summed E-state index contributed by atoms with van der Waals surface area (Å²) in [5, 5.41) is 15.2. The van der Waals surface area contributed by atoms with Crippen LogP contribution in [-0.2, 0) is 11.3 Å². The fraction of sp³-hybridized carbons (Fsp3) is 0.308. The van der Waals surface area contributed by atoms with Gasteiger partial charge in [-0.2, -0.15) is 5.10 Å². The third-order valence-electron chi connectivity index (χ3n) is 6.34. The number of aromatic nitrogens is 2. The van der Waals surface area contributed by atoms with Crippen LogP contribution in [0, 0.1) is 6.92 Å². The summed E-state index contributed by atoms with van der Waals surface area (Å²) >= 11 is 0. The number of allylic oxidation sites excluding steroid dienone is 2. The van der Waals surface area contributed by atoms with Gasteiger partial charge >= 0.3 is 0 Å². The molecule has 0 spiro atoms. The second-order valence-corrected chi connectivity index (χ2v) is 8.37. The second-order valence-electron chi connectivity index (χ2n) is 8.37. The Bertz CT molecular complexity index is 1230. The number of fused-ring (bicyclic) bond motifs is 1. The number of benzene rings is 2. The van der Waals surface area contributed by atoms with Crippen LogP contribution in [-0.4, -0.2) is 34.9 Å². The van der Waals surface area contributed by atoms with Crippen molar-refractivity contribution in [2.45, 2.75) is 38.6 Å². The lowest BCUT2D eigenvalue weighted by Gasteiger charge is -2.32. The van der Waals surface area contributed by atoms with Gasteiger partial charge in [-0.15, -0.1) is 0 Å². The molecule has 1 aliphatic heterocycles. The van der Waals surface area contributed by atoms with Crippen molar-refractivity contribution >= 4 is 5.78 Å². The lowest BCUT2D eigenvalue weighted by atomic mass is 9.77. The Morgan fingerprint density at radius 3 is 2.48 bits per heavy atom. The maximum absolute atomic E-state index is 13.1. The van der Waals surface area contributed by atoms with Gasteiger partial charge in [-0.3, -0.25) is 4.79 Å². The number of aromatic hydroxyl groups is 1. The van der Waals surface area contributed by atoms with Gasteiger partial charge in [0.15, 0.2) is 17.3 Å². The Hall–Kier alpha value is -3.74. The van der Waals surface area contributed by atoms with E-state index in [0.717, 1.165) is 28.8 Å². The number of carbonyl (C=O) groups is 1. The molecule has 0 saturated carbocycles. The Morgan fingerprint density at radius 1 is 1.12 bits per heavy atom. The molecule has 2 heterocycles. The van der Waals surface area contributed by atoms with Gasteiger partial charge in [0.2, 0.25) is 11.6 Å². The molecular weight excluding hydrogens is 420 g/mol. The van der Waals surface area contributed by atoms with Gasteiger partial charge in [-0.25, -0.2) is 4.68 Å². The predicted molar refractivity (Wildman–Crippen MR) is 122 cm³/mol. The van der Waals surface area contributed by atoms with Crippen molar-refractivity contribution in [3.63, 3.8) is 0 Å². The van der Waals surface area contributed by atoms with Crippen molar-refractivity contribution in [2.75, 3.05) is 14.2 Å². The number of phenols is 1. The number of hydrogen-bond donors (Lipinski definition) is 1. The van der Waals surface area contributed by atoms with Gasteiger partial charge < -0.3 is 19.3 Å². The van der Waals surface area contributed by atoms with Crippen molar-refractivity contribution < 1.29 is 24.1 Å². The standard InChI is InChI=1S/C26H26N2O5/c1-15-22-23(17-12-20(31-2)25(30)21(13-17)32-3)24-18(29)10-7-11-19(24)33-26(22)28(27-15)14-16-8-5-4-6-9-16/h4-6,8-9,12-13,23,30H,7,10-11,14H2,1-3H3/t23-/m1/s1. The minimum Gasteiger partial charge on any atom is -0.502 e. The Balaban J connectivity index is 1.71. The molecule has 0 bridgehead atoms. The van der Waals surface area contributed by atoms with Crippen molar-refractivity contribution in [3.8, 4) is 23.1 Å². The summed E-state index contributed by atoms with van der Waals surface area (Å²) in [6.07, 6.45) is 1.93. The largest absolute Gasteiger partial charge is 0.502 e. The van der Waals surface area contributed by atoms with Crippen LogP contribution in [0.4, 0.5) is 0 Å². The first kappa shape index (κ1) is 21.1. The number of nitrogens with zero attached hydrogens (tertiary/aromatic N) is 2. The zero-order valence-corrected chi connectivity index (χ0v) is 18.9. The normalized spacial score (nSPS) is 17.3. The monoisotopic (exact) mass is 446 g/mol. The highest BCUT2D eigenvalue weighted by molar-refractivity contribution is 5.99. The number of aryl methyl sites for hydroxylation is 1. The first-order chi connectivity index (χ1) is 16.0. The molecule has 5 rings (SSSR count). The highest BCUT2D eigenvalue weighted by atomic mass is 16.5. The van der Waals surface area contributed by atoms with E-state index < -0.39 is 0 Å². The Morgan fingerprint density at radius 2 is 1.82 bits per heavy atom. The maximum Gasteiger partial charge on any atom is 0.222 e. The molecule has 1 aromatic heterocycles. The Kier molecular flexibility index (Phi) is 5.32. The van der Waals surface area contributed by atoms with Crippen LogP contribution < -0.4 is 14.2 Å². The molecule has 1 N–H and O–H groups in total. The molecule has 7 nitrogen and oxygen atoms in total. The molecule has 0 radical (unpaired) electrons. The molecule has 1 atom stereocenters. The summed E-state index contributed by atoms with van der Waals surface area (Å²) in [5.74, 6) is 1.55. The van der Waals surface area contributed by atoms with Gasteiger partial charge in [0.1, 0.15) is 5.76 Å². The van der Waals surface area contributed by atoms with Crippen LogP contribution >= 0.6 is 0 Å². The molecular formula is C26H26N2O5. The van der Waals surface area contributed by atoms with Crippen LogP contribution in [0.25, 0.3) is 0 Å². The number of methoxy groups -OCH3 is 2. The van der Waals surface area contributed by atoms with E-state index in [2.05, 4.69) is 0 Å². The van der Waals surface area contributed by atoms with Crippen LogP contribution in [0.3, 0.4) is 0 Å². The van der Waals surface area contributed by atoms with E-state index >= 15 is 0 Å². The molecule has 0 amide bonds. The average Bonchev–Trinajstić information content (AvgIpc) is 3.13. The van der Waals surface area contributed by atoms with Crippen LogP contribution in [0.1, 0.15) is 47.6 Å². The fourth-order valence-electron chi connectivity index (χ4n) is 4.81. The van der Waals surface area contributed by atoms with Crippen LogP contribution in [0.5, 0.6) is 23.1 Å². The van der Waals surface area contributed by atoms with E-state index in [0.29, 0.717) is 36.6 Å². The van der Waals surface area contributed by atoms with Gasteiger partial charge in [0.25, 0.3) is 0 Å². The number of ether oxygens (including phenoxy) is 3. The van der Waals surface area contributed by atoms with Gasteiger partial charge in [0, 0.05) is 29.9 Å². The summed E-state index contributed by atoms with van der Waals surface area (Å²) in [7, 11) is 2.99. The molecule has 33 heavy (non-hydrogen) atoms. The van der Waals surface area contributed by atoms with E-state index in [1.807, 2.05) is 41.9 Å². The quantitative estimate of drug-likeness (QED) is 0.622. The number of carbonyl (C=O) groups excluding carboxylic acids is 1. The summed E-state index contributed by atoms with van der Waals surface area (Å²) in [5.41, 5.74) is 4.20. The summed E-state index contributed by atoms with van der Waals surface area (Å²) < 4.78 is 19.0. The topological polar surface area (TPSA) is 82.8 Å². The molecule has 2 aromatic carbocycles. The van der Waals surface area contributed by atoms with E-state index in [9.17, 15) is 9.90 Å². The molecule has 1 aliphatic carbocycles. The molecule has 3 aromatic rings. The Labute approximate surface area is 192 Å². The first-order valence-corrected chi connectivity index (χ1v) is 11.0. The lowest BCUT2D eigenvalue weighted by Crippen LogP contribution is -2.26. The number of rotatable bonds is 5. The van der Waals surface area contributed by atoms with Gasteiger partial charge in [-0.1, -0.05) is 30.3 Å². The smallest absolute Gasteiger partial charge is 0.222 e. The van der Waals surface area contributed by atoms with Crippen LogP contribution in [0.2, 0.25) is 0 Å². The summed E-state index contributed by atoms with van der Waals surface area (Å²) in [6, 6.07) is 13.6. The molecule has 0 unspecified atom stereocenters. The van der Waals surface area contributed by atoms with E-state index in [4.69, 9.17) is 19.3 Å². The third kappa shape index (κ3) is 3.53. The highest BCUT2D eigenvalue weighted by Gasteiger charge is 2.40. The second kappa shape index (κ2) is 8.31. The van der Waals surface area contributed by atoms with Gasteiger partial charge in [0.05, 0.1) is 26.5 Å². The molecule has 7 heteroatoms. The number of hydrogen-bond acceptors (Lipinski definition) is 6. The van der Waals surface area contributed by atoms with E-state index in [-0.39, 0.29) is 28.9 Å². The average molecular weight is 447 g/mol. The summed E-state index contributed by atoms with van der Waals surface area (Å²) in [4.78, 5) is 13.1. The summed E-state index contributed by atoms with van der Waals surface area (Å²) in [6.45, 7) is 2.49. The number of ketones is 1. The lowest BCUT2D eigenvalue weighted by molar-refractivity contribution is -0.116. The van der Waals surface area contributed by atoms with E-state index in [1.54, 1.807) is 12.1 Å². The minimum absolute atomic E-state index is 0.0725. The van der Waals surface area contributed by atoms with Crippen molar-refractivity contribution in [3.05, 3.63) is 76.2 Å². The molecule has 0 saturated heterocycles. The molecule has 0 fully saturated rings. The van der Waals surface area contributed by atoms with Crippen LogP contribution in [0.15, 0.2) is 53.8 Å². The molecule has 2 aliphatic rings.